The number of sulfonamides is 1. The lowest BCUT2D eigenvalue weighted by atomic mass is 10.2. The van der Waals surface area contributed by atoms with E-state index in [0.717, 1.165) is 5.56 Å². The first-order chi connectivity index (χ1) is 8.40. The highest BCUT2D eigenvalue weighted by Crippen LogP contribution is 2.24. The summed E-state index contributed by atoms with van der Waals surface area (Å²) in [6.45, 7) is 3.59. The molecule has 0 saturated heterocycles. The van der Waals surface area contributed by atoms with E-state index in [1.807, 2.05) is 6.92 Å². The Labute approximate surface area is 110 Å². The van der Waals surface area contributed by atoms with Crippen molar-refractivity contribution in [3.8, 4) is 0 Å². The number of H-pyrrole nitrogens is 1. The lowest BCUT2D eigenvalue weighted by molar-refractivity contribution is 0.601. The molecule has 7 heteroatoms. The number of rotatable bonds is 3. The van der Waals surface area contributed by atoms with Gasteiger partial charge in [-0.15, -0.1) is 0 Å². The summed E-state index contributed by atoms with van der Waals surface area (Å²) in [6, 6.07) is 4.78. The lowest BCUT2D eigenvalue weighted by Gasteiger charge is -2.09. The Balaban J connectivity index is 2.40. The number of halogens is 1. The maximum Gasteiger partial charge on any atom is 0.264 e. The molecule has 0 spiro atoms. The summed E-state index contributed by atoms with van der Waals surface area (Å²) in [5.74, 6) is 0.339. The Bertz CT molecular complexity index is 679. The largest absolute Gasteiger partial charge is 0.264 e. The molecule has 96 valence electrons. The second kappa shape index (κ2) is 4.62. The standard InChI is InChI=1S/C11H12ClN3O2S/c1-7-3-4-10(9(12)5-7)18(16,17)15-11-8(2)6-13-14-11/h3-6H,1-2H3,(H2,13,14,15). The topological polar surface area (TPSA) is 74.8 Å². The summed E-state index contributed by atoms with van der Waals surface area (Å²) in [6.07, 6.45) is 1.54. The van der Waals surface area contributed by atoms with Crippen LogP contribution in [0.5, 0.6) is 0 Å². The average molecular weight is 286 g/mol. The summed E-state index contributed by atoms with van der Waals surface area (Å²) in [4.78, 5) is 0.0452. The molecule has 0 amide bonds. The Hall–Kier alpha value is -1.53. The van der Waals surface area contributed by atoms with Crippen molar-refractivity contribution in [1.29, 1.82) is 0 Å². The molecule has 0 saturated carbocycles. The molecule has 0 fully saturated rings. The molecule has 0 radical (unpaired) electrons. The van der Waals surface area contributed by atoms with Crippen molar-refractivity contribution in [2.45, 2.75) is 18.7 Å². The van der Waals surface area contributed by atoms with Crippen LogP contribution in [-0.2, 0) is 10.0 Å². The summed E-state index contributed by atoms with van der Waals surface area (Å²) in [7, 11) is -3.71. The molecule has 2 N–H and O–H groups in total. The van der Waals surface area contributed by atoms with Crippen LogP contribution in [0.3, 0.4) is 0 Å². The monoisotopic (exact) mass is 285 g/mol. The molecule has 2 aromatic rings. The van der Waals surface area contributed by atoms with Crippen LogP contribution in [0, 0.1) is 13.8 Å². The van der Waals surface area contributed by atoms with Gasteiger partial charge < -0.3 is 0 Å². The van der Waals surface area contributed by atoms with Crippen LogP contribution in [0.2, 0.25) is 5.02 Å². The normalized spacial score (nSPS) is 11.5. The molecule has 1 heterocycles. The zero-order chi connectivity index (χ0) is 13.3. The van der Waals surface area contributed by atoms with Gasteiger partial charge in [-0.1, -0.05) is 17.7 Å². The maximum absolute atomic E-state index is 12.1. The minimum absolute atomic E-state index is 0.0452. The number of anilines is 1. The molecule has 0 aliphatic heterocycles. The van der Waals surface area contributed by atoms with E-state index in [9.17, 15) is 8.42 Å². The molecule has 5 nitrogen and oxygen atoms in total. The SMILES string of the molecule is Cc1ccc(S(=O)(=O)Nc2[nH]ncc2C)c(Cl)c1. The number of aryl methyl sites for hydroxylation is 2. The van der Waals surface area contributed by atoms with Gasteiger partial charge in [0, 0.05) is 5.56 Å². The zero-order valence-corrected chi connectivity index (χ0v) is 11.4. The van der Waals surface area contributed by atoms with Crippen LogP contribution in [-0.4, -0.2) is 18.6 Å². The quantitative estimate of drug-likeness (QED) is 0.910. The number of nitrogens with one attached hydrogen (secondary N) is 2. The fraction of sp³-hybridized carbons (Fsp3) is 0.182. The van der Waals surface area contributed by atoms with E-state index >= 15 is 0 Å². The third-order valence-corrected chi connectivity index (χ3v) is 4.27. The van der Waals surface area contributed by atoms with Crippen LogP contribution in [0.1, 0.15) is 11.1 Å². The van der Waals surface area contributed by atoms with E-state index in [0.29, 0.717) is 11.4 Å². The fourth-order valence-electron chi connectivity index (χ4n) is 1.46. The van der Waals surface area contributed by atoms with Crippen molar-refractivity contribution in [1.82, 2.24) is 10.2 Å². The van der Waals surface area contributed by atoms with Crippen molar-refractivity contribution in [2.75, 3.05) is 4.72 Å². The third-order valence-electron chi connectivity index (χ3n) is 2.44. The number of hydrogen-bond acceptors (Lipinski definition) is 3. The molecule has 1 aromatic heterocycles. The Morgan fingerprint density at radius 2 is 2.06 bits per heavy atom. The van der Waals surface area contributed by atoms with E-state index in [1.165, 1.54) is 12.3 Å². The van der Waals surface area contributed by atoms with Gasteiger partial charge in [-0.25, -0.2) is 8.42 Å². The number of aromatic nitrogens is 2. The van der Waals surface area contributed by atoms with Gasteiger partial charge in [-0.2, -0.15) is 5.10 Å². The molecular weight excluding hydrogens is 274 g/mol. The van der Waals surface area contributed by atoms with Crippen LogP contribution in [0.4, 0.5) is 5.82 Å². The molecule has 0 aliphatic carbocycles. The summed E-state index contributed by atoms with van der Waals surface area (Å²) in [5.41, 5.74) is 1.61. The minimum atomic E-state index is -3.71. The molecule has 18 heavy (non-hydrogen) atoms. The van der Waals surface area contributed by atoms with Gasteiger partial charge in [0.25, 0.3) is 10.0 Å². The highest BCUT2D eigenvalue weighted by Gasteiger charge is 2.19. The van der Waals surface area contributed by atoms with Crippen molar-refractivity contribution >= 4 is 27.4 Å². The maximum atomic E-state index is 12.1. The number of aromatic amines is 1. The van der Waals surface area contributed by atoms with E-state index in [2.05, 4.69) is 14.9 Å². The van der Waals surface area contributed by atoms with Gasteiger partial charge in [0.1, 0.15) is 10.7 Å². The third kappa shape index (κ3) is 2.49. The first-order valence-corrected chi connectivity index (χ1v) is 7.05. The summed E-state index contributed by atoms with van der Waals surface area (Å²) >= 11 is 5.95. The molecule has 0 aliphatic rings. The molecule has 0 unspecified atom stereocenters. The van der Waals surface area contributed by atoms with E-state index in [-0.39, 0.29) is 9.92 Å². The minimum Gasteiger partial charge on any atom is -0.263 e. The van der Waals surface area contributed by atoms with Crippen LogP contribution in [0.15, 0.2) is 29.3 Å². The van der Waals surface area contributed by atoms with Crippen LogP contribution in [0.25, 0.3) is 0 Å². The van der Waals surface area contributed by atoms with E-state index in [1.54, 1.807) is 19.1 Å². The van der Waals surface area contributed by atoms with Crippen molar-refractivity contribution in [3.63, 3.8) is 0 Å². The fourth-order valence-corrected chi connectivity index (χ4v) is 3.15. The van der Waals surface area contributed by atoms with E-state index < -0.39 is 10.0 Å². The van der Waals surface area contributed by atoms with Gasteiger partial charge >= 0.3 is 0 Å². The Kier molecular flexibility index (Phi) is 3.32. The van der Waals surface area contributed by atoms with Gasteiger partial charge in [-0.3, -0.25) is 9.82 Å². The first kappa shape index (κ1) is 12.9. The Morgan fingerprint density at radius 3 is 2.61 bits per heavy atom. The highest BCUT2D eigenvalue weighted by molar-refractivity contribution is 7.92. The first-order valence-electron chi connectivity index (χ1n) is 5.19. The molecule has 0 bridgehead atoms. The van der Waals surface area contributed by atoms with E-state index in [4.69, 9.17) is 11.6 Å². The van der Waals surface area contributed by atoms with Crippen molar-refractivity contribution in [3.05, 3.63) is 40.5 Å². The number of benzene rings is 1. The molecule has 2 rings (SSSR count). The van der Waals surface area contributed by atoms with Gasteiger partial charge in [0.05, 0.1) is 11.2 Å². The second-order valence-electron chi connectivity index (χ2n) is 3.97. The average Bonchev–Trinajstić information content (AvgIpc) is 2.63. The molecule has 0 atom stereocenters. The van der Waals surface area contributed by atoms with Crippen molar-refractivity contribution < 1.29 is 8.42 Å². The molecule has 1 aromatic carbocycles. The predicted molar refractivity (Wildman–Crippen MR) is 70.3 cm³/mol. The zero-order valence-electron chi connectivity index (χ0n) is 9.86. The highest BCUT2D eigenvalue weighted by atomic mass is 35.5. The van der Waals surface area contributed by atoms with Crippen LogP contribution < -0.4 is 4.72 Å². The number of hydrogen-bond donors (Lipinski definition) is 2. The smallest absolute Gasteiger partial charge is 0.263 e. The van der Waals surface area contributed by atoms with Gasteiger partial charge in [-0.05, 0) is 31.5 Å². The van der Waals surface area contributed by atoms with Gasteiger partial charge in [0.2, 0.25) is 0 Å². The number of nitrogens with zero attached hydrogens (tertiary/aromatic N) is 1. The second-order valence-corrected chi connectivity index (χ2v) is 6.03. The predicted octanol–water partition coefficient (Wildman–Crippen LogP) is 2.48. The van der Waals surface area contributed by atoms with Crippen LogP contribution >= 0.6 is 11.6 Å². The summed E-state index contributed by atoms with van der Waals surface area (Å²) in [5, 5.41) is 6.52. The Morgan fingerprint density at radius 1 is 1.33 bits per heavy atom. The van der Waals surface area contributed by atoms with Gasteiger partial charge in [0.15, 0.2) is 0 Å². The molecular formula is C11H12ClN3O2S. The van der Waals surface area contributed by atoms with Crippen molar-refractivity contribution in [2.24, 2.45) is 0 Å². The summed E-state index contributed by atoms with van der Waals surface area (Å²) < 4.78 is 26.7. The lowest BCUT2D eigenvalue weighted by Crippen LogP contribution is -2.14.